The van der Waals surface area contributed by atoms with Gasteiger partial charge in [0, 0.05) is 6.54 Å². The SMILES string of the molecule is COc1ccc(CN2C(=O)[C@@H](N3C(=O)OC[C@@H]3c3ccccc3)[C@H]2OC=O)cc1. The Kier molecular flexibility index (Phi) is 5.07. The van der Waals surface area contributed by atoms with Gasteiger partial charge in [-0.2, -0.15) is 0 Å². The predicted molar refractivity (Wildman–Crippen MR) is 101 cm³/mol. The zero-order valence-corrected chi connectivity index (χ0v) is 15.8. The number of β-lactam (4-membered cyclic amide) rings is 1. The summed E-state index contributed by atoms with van der Waals surface area (Å²) in [4.78, 5) is 39.2. The van der Waals surface area contributed by atoms with Crippen LogP contribution in [0.15, 0.2) is 54.6 Å². The van der Waals surface area contributed by atoms with Crippen LogP contribution < -0.4 is 4.74 Å². The molecular formula is C21H20N2O6. The summed E-state index contributed by atoms with van der Waals surface area (Å²) in [6, 6.07) is 15.2. The first-order valence-corrected chi connectivity index (χ1v) is 9.16. The van der Waals surface area contributed by atoms with Gasteiger partial charge in [0.15, 0.2) is 6.04 Å². The highest BCUT2D eigenvalue weighted by atomic mass is 16.6. The number of likely N-dealkylation sites (tertiary alicyclic amines) is 1. The van der Waals surface area contributed by atoms with E-state index in [9.17, 15) is 14.4 Å². The molecule has 4 rings (SSSR count). The molecule has 150 valence electrons. The second-order valence-corrected chi connectivity index (χ2v) is 6.79. The minimum absolute atomic E-state index is 0.138. The van der Waals surface area contributed by atoms with Crippen LogP contribution in [0.2, 0.25) is 0 Å². The smallest absolute Gasteiger partial charge is 0.411 e. The zero-order valence-electron chi connectivity index (χ0n) is 15.8. The van der Waals surface area contributed by atoms with E-state index in [0.717, 1.165) is 11.1 Å². The first-order chi connectivity index (χ1) is 14.1. The lowest BCUT2D eigenvalue weighted by molar-refractivity contribution is -0.195. The number of hydrogen-bond donors (Lipinski definition) is 0. The quantitative estimate of drug-likeness (QED) is 0.526. The maximum atomic E-state index is 12.9. The minimum atomic E-state index is -0.918. The highest BCUT2D eigenvalue weighted by Crippen LogP contribution is 2.37. The van der Waals surface area contributed by atoms with E-state index in [2.05, 4.69) is 0 Å². The van der Waals surface area contributed by atoms with Crippen molar-refractivity contribution in [3.8, 4) is 5.75 Å². The van der Waals surface area contributed by atoms with Gasteiger partial charge in [0.1, 0.15) is 12.4 Å². The van der Waals surface area contributed by atoms with Gasteiger partial charge in [0.25, 0.3) is 12.4 Å². The predicted octanol–water partition coefficient (Wildman–Crippen LogP) is 2.10. The van der Waals surface area contributed by atoms with E-state index in [1.807, 2.05) is 42.5 Å². The minimum Gasteiger partial charge on any atom is -0.497 e. The molecular weight excluding hydrogens is 376 g/mol. The van der Waals surface area contributed by atoms with Crippen LogP contribution >= 0.6 is 0 Å². The summed E-state index contributed by atoms with van der Waals surface area (Å²) < 4.78 is 15.5. The van der Waals surface area contributed by atoms with Crippen molar-refractivity contribution < 1.29 is 28.6 Å². The molecule has 2 amide bonds. The van der Waals surface area contributed by atoms with Crippen molar-refractivity contribution in [1.82, 2.24) is 9.80 Å². The largest absolute Gasteiger partial charge is 0.497 e. The van der Waals surface area contributed by atoms with E-state index >= 15 is 0 Å². The summed E-state index contributed by atoms with van der Waals surface area (Å²) in [5.41, 5.74) is 1.70. The molecule has 0 aliphatic carbocycles. The molecule has 2 fully saturated rings. The van der Waals surface area contributed by atoms with Crippen LogP contribution in [0.4, 0.5) is 4.79 Å². The van der Waals surface area contributed by atoms with E-state index < -0.39 is 24.4 Å². The summed E-state index contributed by atoms with van der Waals surface area (Å²) in [7, 11) is 1.57. The van der Waals surface area contributed by atoms with Crippen molar-refractivity contribution in [2.24, 2.45) is 0 Å². The number of carbonyl (C=O) groups is 3. The van der Waals surface area contributed by atoms with E-state index in [-0.39, 0.29) is 19.1 Å². The normalized spacial score (nSPS) is 23.4. The van der Waals surface area contributed by atoms with Gasteiger partial charge in [0.2, 0.25) is 6.23 Å². The van der Waals surface area contributed by atoms with E-state index in [4.69, 9.17) is 14.2 Å². The third-order valence-electron chi connectivity index (χ3n) is 5.22. The monoisotopic (exact) mass is 396 g/mol. The van der Waals surface area contributed by atoms with Crippen molar-refractivity contribution in [3.05, 3.63) is 65.7 Å². The maximum absolute atomic E-state index is 12.9. The number of methoxy groups -OCH3 is 1. The number of carbonyl (C=O) groups excluding carboxylic acids is 3. The molecule has 0 bridgehead atoms. The Morgan fingerprint density at radius 1 is 1.10 bits per heavy atom. The topological polar surface area (TPSA) is 85.4 Å². The third-order valence-corrected chi connectivity index (χ3v) is 5.22. The number of amides is 2. The number of rotatable bonds is 7. The van der Waals surface area contributed by atoms with E-state index in [1.165, 1.54) is 9.80 Å². The molecule has 2 aliphatic rings. The van der Waals surface area contributed by atoms with Crippen LogP contribution in [0.3, 0.4) is 0 Å². The molecule has 0 N–H and O–H groups in total. The average Bonchev–Trinajstić information content (AvgIpc) is 3.13. The second kappa shape index (κ2) is 7.83. The molecule has 2 aromatic rings. The first kappa shape index (κ1) is 18.8. The molecule has 2 heterocycles. The van der Waals surface area contributed by atoms with Crippen molar-refractivity contribution in [3.63, 3.8) is 0 Å². The Balaban J connectivity index is 1.56. The summed E-state index contributed by atoms with van der Waals surface area (Å²) in [5.74, 6) is 0.403. The lowest BCUT2D eigenvalue weighted by Gasteiger charge is -2.48. The standard InChI is InChI=1S/C21H20N2O6/c1-27-16-9-7-14(8-10-16)11-22-19(25)18(20(22)29-13-24)23-17(12-28-21(23)26)15-5-3-2-4-6-15/h2-10,13,17-18,20H,11-12H2,1H3/t17-,18-,20-/m1/s1. The third kappa shape index (κ3) is 3.37. The molecule has 2 aliphatic heterocycles. The van der Waals surface area contributed by atoms with Gasteiger partial charge in [-0.3, -0.25) is 19.4 Å². The summed E-state index contributed by atoms with van der Waals surface area (Å²) in [5, 5.41) is 0. The Bertz CT molecular complexity index is 901. The Morgan fingerprint density at radius 3 is 2.48 bits per heavy atom. The Morgan fingerprint density at radius 2 is 1.83 bits per heavy atom. The van der Waals surface area contributed by atoms with Gasteiger partial charge in [-0.15, -0.1) is 0 Å². The summed E-state index contributed by atoms with van der Waals surface area (Å²) in [6.45, 7) is 0.680. The molecule has 0 aromatic heterocycles. The molecule has 8 heteroatoms. The lowest BCUT2D eigenvalue weighted by atomic mass is 9.97. The molecule has 29 heavy (non-hydrogen) atoms. The molecule has 0 saturated carbocycles. The van der Waals surface area contributed by atoms with Gasteiger partial charge < -0.3 is 14.2 Å². The highest BCUT2D eigenvalue weighted by molar-refractivity contribution is 5.92. The first-order valence-electron chi connectivity index (χ1n) is 9.16. The second-order valence-electron chi connectivity index (χ2n) is 6.79. The Labute approximate surface area is 167 Å². The van der Waals surface area contributed by atoms with Crippen molar-refractivity contribution in [1.29, 1.82) is 0 Å². The molecule has 0 radical (unpaired) electrons. The van der Waals surface area contributed by atoms with Gasteiger partial charge in [-0.05, 0) is 23.3 Å². The number of hydrogen-bond acceptors (Lipinski definition) is 6. The number of cyclic esters (lactones) is 1. The molecule has 3 atom stereocenters. The van der Waals surface area contributed by atoms with E-state index in [0.29, 0.717) is 12.2 Å². The molecule has 2 aromatic carbocycles. The van der Waals surface area contributed by atoms with Gasteiger partial charge in [-0.1, -0.05) is 42.5 Å². The van der Waals surface area contributed by atoms with Crippen molar-refractivity contribution in [2.75, 3.05) is 13.7 Å². The van der Waals surface area contributed by atoms with E-state index in [1.54, 1.807) is 19.2 Å². The Hall–Kier alpha value is -3.55. The number of benzene rings is 2. The number of nitrogens with zero attached hydrogens (tertiary/aromatic N) is 2. The van der Waals surface area contributed by atoms with Crippen molar-refractivity contribution >= 4 is 18.5 Å². The number of ether oxygens (including phenoxy) is 3. The average molecular weight is 396 g/mol. The van der Waals surface area contributed by atoms with Crippen LogP contribution in [0.5, 0.6) is 5.75 Å². The van der Waals surface area contributed by atoms with Gasteiger partial charge in [0.05, 0.1) is 13.2 Å². The maximum Gasteiger partial charge on any atom is 0.411 e. The fourth-order valence-corrected chi connectivity index (χ4v) is 3.73. The summed E-state index contributed by atoms with van der Waals surface area (Å²) in [6.07, 6.45) is -1.47. The van der Waals surface area contributed by atoms with Crippen LogP contribution in [0.25, 0.3) is 0 Å². The van der Waals surface area contributed by atoms with Gasteiger partial charge in [-0.25, -0.2) is 4.79 Å². The fourth-order valence-electron chi connectivity index (χ4n) is 3.73. The molecule has 2 saturated heterocycles. The lowest BCUT2D eigenvalue weighted by Crippen LogP contribution is -2.71. The fraction of sp³-hybridized carbons (Fsp3) is 0.286. The molecule has 8 nitrogen and oxygen atoms in total. The molecule has 0 unspecified atom stereocenters. The summed E-state index contributed by atoms with van der Waals surface area (Å²) >= 11 is 0. The van der Waals surface area contributed by atoms with Crippen LogP contribution in [-0.4, -0.2) is 54.3 Å². The zero-order chi connectivity index (χ0) is 20.4. The van der Waals surface area contributed by atoms with Crippen LogP contribution in [0.1, 0.15) is 17.2 Å². The van der Waals surface area contributed by atoms with Crippen LogP contribution in [0, 0.1) is 0 Å². The van der Waals surface area contributed by atoms with Crippen molar-refractivity contribution in [2.45, 2.75) is 24.9 Å². The van der Waals surface area contributed by atoms with Gasteiger partial charge >= 0.3 is 6.09 Å². The van der Waals surface area contributed by atoms with Crippen LogP contribution in [-0.2, 0) is 25.6 Å². The highest BCUT2D eigenvalue weighted by Gasteiger charge is 2.57. The molecule has 0 spiro atoms.